The summed E-state index contributed by atoms with van der Waals surface area (Å²) in [7, 11) is 0. The first-order chi connectivity index (χ1) is 9.60. The lowest BCUT2D eigenvalue weighted by Gasteiger charge is -2.10. The Balaban J connectivity index is 2.08. The molecular weight excluding hydrogens is 276 g/mol. The van der Waals surface area contributed by atoms with Gasteiger partial charge in [-0.3, -0.25) is 4.79 Å². The van der Waals surface area contributed by atoms with E-state index >= 15 is 0 Å². The molecule has 0 unspecified atom stereocenters. The minimum atomic E-state index is -0.213. The number of carbonyl (C=O) groups excluding carboxylic acids is 1. The summed E-state index contributed by atoms with van der Waals surface area (Å²) in [5, 5.41) is 7.35. The van der Waals surface area contributed by atoms with Crippen LogP contribution in [0.3, 0.4) is 0 Å². The zero-order valence-electron chi connectivity index (χ0n) is 11.5. The molecule has 1 heterocycles. The number of benzene rings is 1. The number of hydrogen-bond donors (Lipinski definition) is 1. The maximum Gasteiger partial charge on any atom is 0.273 e. The van der Waals surface area contributed by atoms with E-state index in [0.29, 0.717) is 10.8 Å². The molecule has 0 bridgehead atoms. The maximum absolute atomic E-state index is 12.0. The fourth-order valence-electron chi connectivity index (χ4n) is 1.94. The van der Waals surface area contributed by atoms with Gasteiger partial charge in [0.25, 0.3) is 5.91 Å². The summed E-state index contributed by atoms with van der Waals surface area (Å²) in [5.74, 6) is 0.338. The molecular formula is C15H17ClN2O2. The molecule has 1 atom stereocenters. The molecule has 1 aromatic carbocycles. The second-order valence-corrected chi connectivity index (χ2v) is 5.18. The average Bonchev–Trinajstić information content (AvgIpc) is 2.89. The van der Waals surface area contributed by atoms with Crippen LogP contribution in [0.25, 0.3) is 11.3 Å². The maximum atomic E-state index is 12.0. The molecule has 5 heteroatoms. The lowest BCUT2D eigenvalue weighted by molar-refractivity contribution is 0.0929. The van der Waals surface area contributed by atoms with E-state index in [4.69, 9.17) is 16.1 Å². The Morgan fingerprint density at radius 2 is 2.10 bits per heavy atom. The highest BCUT2D eigenvalue weighted by Gasteiger charge is 2.15. The molecule has 20 heavy (non-hydrogen) atoms. The van der Waals surface area contributed by atoms with Crippen molar-refractivity contribution >= 4 is 17.5 Å². The van der Waals surface area contributed by atoms with E-state index in [1.807, 2.05) is 19.1 Å². The van der Waals surface area contributed by atoms with Gasteiger partial charge in [-0.25, -0.2) is 0 Å². The minimum Gasteiger partial charge on any atom is -0.355 e. The van der Waals surface area contributed by atoms with Crippen LogP contribution in [-0.2, 0) is 0 Å². The van der Waals surface area contributed by atoms with Gasteiger partial charge in [-0.2, -0.15) is 0 Å². The lowest BCUT2D eigenvalue weighted by Crippen LogP contribution is -2.32. The van der Waals surface area contributed by atoms with Crippen molar-refractivity contribution in [3.8, 4) is 11.3 Å². The molecule has 0 radical (unpaired) electrons. The van der Waals surface area contributed by atoms with E-state index in [0.717, 1.165) is 18.4 Å². The van der Waals surface area contributed by atoms with Gasteiger partial charge in [0, 0.05) is 22.7 Å². The van der Waals surface area contributed by atoms with Crippen LogP contribution in [0.15, 0.2) is 34.9 Å². The van der Waals surface area contributed by atoms with Crippen LogP contribution >= 0.6 is 11.6 Å². The number of aromatic nitrogens is 1. The summed E-state index contributed by atoms with van der Waals surface area (Å²) in [6.07, 6.45) is 1.96. The first kappa shape index (κ1) is 14.6. The Hall–Kier alpha value is -1.81. The number of hydrogen-bond acceptors (Lipinski definition) is 3. The third kappa shape index (κ3) is 3.61. The van der Waals surface area contributed by atoms with Gasteiger partial charge in [-0.05, 0) is 37.6 Å². The molecule has 1 N–H and O–H groups in total. The van der Waals surface area contributed by atoms with Gasteiger partial charge in [-0.15, -0.1) is 0 Å². The van der Waals surface area contributed by atoms with Gasteiger partial charge >= 0.3 is 0 Å². The fraction of sp³-hybridized carbons (Fsp3) is 0.333. The zero-order chi connectivity index (χ0) is 14.5. The number of nitrogens with one attached hydrogen (secondary N) is 1. The van der Waals surface area contributed by atoms with Gasteiger partial charge in [-0.1, -0.05) is 30.1 Å². The molecule has 0 saturated carbocycles. The Morgan fingerprint density at radius 1 is 1.40 bits per heavy atom. The van der Waals surface area contributed by atoms with Crippen LogP contribution in [0, 0.1) is 0 Å². The first-order valence-electron chi connectivity index (χ1n) is 6.63. The van der Waals surface area contributed by atoms with Crippen molar-refractivity contribution in [3.05, 3.63) is 41.0 Å². The van der Waals surface area contributed by atoms with Crippen molar-refractivity contribution in [2.75, 3.05) is 0 Å². The predicted octanol–water partition coefficient (Wildman–Crippen LogP) is 3.91. The molecule has 0 spiro atoms. The minimum absolute atomic E-state index is 0.128. The molecule has 0 fully saturated rings. The lowest BCUT2D eigenvalue weighted by atomic mass is 10.1. The third-order valence-electron chi connectivity index (χ3n) is 2.97. The Bertz CT molecular complexity index is 578. The summed E-state index contributed by atoms with van der Waals surface area (Å²) in [6, 6.07) is 8.94. The van der Waals surface area contributed by atoms with Gasteiger partial charge in [0.2, 0.25) is 0 Å². The van der Waals surface area contributed by atoms with Crippen molar-refractivity contribution in [1.29, 1.82) is 0 Å². The standard InChI is InChI=1S/C15H17ClN2O2/c1-3-4-10(2)17-15(19)13-9-14(20-18-13)11-5-7-12(16)8-6-11/h5-10H,3-4H2,1-2H3,(H,17,19)/t10-/m1/s1. The fourth-order valence-corrected chi connectivity index (χ4v) is 2.06. The summed E-state index contributed by atoms with van der Waals surface area (Å²) in [5.41, 5.74) is 1.13. The van der Waals surface area contributed by atoms with E-state index in [-0.39, 0.29) is 17.6 Å². The van der Waals surface area contributed by atoms with E-state index in [2.05, 4.69) is 17.4 Å². The molecule has 1 amide bonds. The topological polar surface area (TPSA) is 55.1 Å². The Labute approximate surface area is 123 Å². The molecule has 0 aliphatic rings. The summed E-state index contributed by atoms with van der Waals surface area (Å²) >= 11 is 5.83. The van der Waals surface area contributed by atoms with Gasteiger partial charge in [0.15, 0.2) is 11.5 Å². The molecule has 106 valence electrons. The summed E-state index contributed by atoms with van der Waals surface area (Å²) in [6.45, 7) is 4.05. The number of halogens is 1. The number of amides is 1. The monoisotopic (exact) mass is 292 g/mol. The number of nitrogens with zero attached hydrogens (tertiary/aromatic N) is 1. The van der Waals surface area contributed by atoms with Crippen LogP contribution in [0.4, 0.5) is 0 Å². The van der Waals surface area contributed by atoms with Gasteiger partial charge in [0.05, 0.1) is 0 Å². The van der Waals surface area contributed by atoms with Gasteiger partial charge in [0.1, 0.15) is 0 Å². The van der Waals surface area contributed by atoms with Crippen LogP contribution in [0.1, 0.15) is 37.2 Å². The van der Waals surface area contributed by atoms with Crippen LogP contribution in [0.2, 0.25) is 5.02 Å². The number of carbonyl (C=O) groups is 1. The molecule has 0 aliphatic carbocycles. The van der Waals surface area contributed by atoms with Crippen molar-refractivity contribution in [2.24, 2.45) is 0 Å². The van der Waals surface area contributed by atoms with Crippen LogP contribution in [-0.4, -0.2) is 17.1 Å². The molecule has 0 saturated heterocycles. The van der Waals surface area contributed by atoms with E-state index in [1.165, 1.54) is 0 Å². The molecule has 2 rings (SSSR count). The van der Waals surface area contributed by atoms with Crippen molar-refractivity contribution in [3.63, 3.8) is 0 Å². The zero-order valence-corrected chi connectivity index (χ0v) is 12.3. The highest BCUT2D eigenvalue weighted by Crippen LogP contribution is 2.22. The molecule has 0 aliphatic heterocycles. The van der Waals surface area contributed by atoms with Crippen molar-refractivity contribution in [2.45, 2.75) is 32.7 Å². The van der Waals surface area contributed by atoms with E-state index in [1.54, 1.807) is 18.2 Å². The molecule has 2 aromatic rings. The van der Waals surface area contributed by atoms with E-state index in [9.17, 15) is 4.79 Å². The Kier molecular flexibility index (Phi) is 4.79. The van der Waals surface area contributed by atoms with E-state index < -0.39 is 0 Å². The first-order valence-corrected chi connectivity index (χ1v) is 7.01. The highest BCUT2D eigenvalue weighted by molar-refractivity contribution is 6.30. The highest BCUT2D eigenvalue weighted by atomic mass is 35.5. The quantitative estimate of drug-likeness (QED) is 0.909. The average molecular weight is 293 g/mol. The Morgan fingerprint density at radius 3 is 2.75 bits per heavy atom. The predicted molar refractivity (Wildman–Crippen MR) is 78.8 cm³/mol. The summed E-state index contributed by atoms with van der Waals surface area (Å²) in [4.78, 5) is 12.0. The number of rotatable bonds is 5. The SMILES string of the molecule is CCC[C@@H](C)NC(=O)c1cc(-c2ccc(Cl)cc2)on1. The summed E-state index contributed by atoms with van der Waals surface area (Å²) < 4.78 is 5.20. The molecule has 1 aromatic heterocycles. The van der Waals surface area contributed by atoms with Crippen LogP contribution in [0.5, 0.6) is 0 Å². The normalized spacial score (nSPS) is 12.2. The van der Waals surface area contributed by atoms with Crippen molar-refractivity contribution < 1.29 is 9.32 Å². The van der Waals surface area contributed by atoms with Crippen LogP contribution < -0.4 is 5.32 Å². The van der Waals surface area contributed by atoms with Gasteiger partial charge < -0.3 is 9.84 Å². The second kappa shape index (κ2) is 6.57. The molecule has 4 nitrogen and oxygen atoms in total. The second-order valence-electron chi connectivity index (χ2n) is 4.75. The smallest absolute Gasteiger partial charge is 0.273 e. The van der Waals surface area contributed by atoms with Crippen molar-refractivity contribution in [1.82, 2.24) is 10.5 Å². The third-order valence-corrected chi connectivity index (χ3v) is 3.22. The largest absolute Gasteiger partial charge is 0.355 e.